The number of nitrogens with zero attached hydrogens (tertiary/aromatic N) is 1. The maximum Gasteiger partial charge on any atom is 0.191 e. The second-order valence-electron chi connectivity index (χ2n) is 6.46. The molecule has 2 N–H and O–H groups in total. The van der Waals surface area contributed by atoms with Crippen LogP contribution in [0.2, 0.25) is 0 Å². The van der Waals surface area contributed by atoms with Crippen molar-refractivity contribution < 1.29 is 4.74 Å². The van der Waals surface area contributed by atoms with Crippen molar-refractivity contribution in [2.24, 2.45) is 4.99 Å². The lowest BCUT2D eigenvalue weighted by Gasteiger charge is -2.18. The van der Waals surface area contributed by atoms with Crippen molar-refractivity contribution in [3.63, 3.8) is 0 Å². The van der Waals surface area contributed by atoms with Crippen LogP contribution in [0.3, 0.4) is 0 Å². The molecule has 0 bridgehead atoms. The van der Waals surface area contributed by atoms with Crippen LogP contribution in [0.5, 0.6) is 0 Å². The maximum atomic E-state index is 5.91. The van der Waals surface area contributed by atoms with Crippen molar-refractivity contribution >= 4 is 29.9 Å². The smallest absolute Gasteiger partial charge is 0.191 e. The fraction of sp³-hybridized carbons (Fsp3) is 0.318. The van der Waals surface area contributed by atoms with Crippen LogP contribution in [-0.2, 0) is 24.5 Å². The Morgan fingerprint density at radius 2 is 1.63 bits per heavy atom. The number of aliphatic imine (C=N–C) groups is 1. The summed E-state index contributed by atoms with van der Waals surface area (Å²) < 4.78 is 5.91. The van der Waals surface area contributed by atoms with E-state index in [2.05, 4.69) is 64.2 Å². The number of nitrogens with one attached hydrogen (secondary N) is 2. The Balaban J connectivity index is 0.00000261. The molecule has 0 aliphatic heterocycles. The van der Waals surface area contributed by atoms with E-state index >= 15 is 0 Å². The predicted molar refractivity (Wildman–Crippen MR) is 122 cm³/mol. The van der Waals surface area contributed by atoms with E-state index in [1.54, 1.807) is 0 Å². The van der Waals surface area contributed by atoms with E-state index in [-0.39, 0.29) is 24.0 Å². The fourth-order valence-corrected chi connectivity index (χ4v) is 3.03. The molecule has 0 saturated heterocycles. The Morgan fingerprint density at radius 1 is 0.963 bits per heavy atom. The van der Waals surface area contributed by atoms with Gasteiger partial charge in [-0.25, -0.2) is 0 Å². The van der Waals surface area contributed by atoms with Gasteiger partial charge in [0.1, 0.15) is 0 Å². The van der Waals surface area contributed by atoms with Crippen LogP contribution in [0.15, 0.2) is 71.7 Å². The van der Waals surface area contributed by atoms with Gasteiger partial charge in [0.25, 0.3) is 0 Å². The van der Waals surface area contributed by atoms with Gasteiger partial charge in [-0.2, -0.15) is 0 Å². The molecule has 0 heterocycles. The maximum absolute atomic E-state index is 5.91. The predicted octanol–water partition coefficient (Wildman–Crippen LogP) is 4.41. The molecule has 2 aromatic rings. The topological polar surface area (TPSA) is 45.7 Å². The molecule has 27 heavy (non-hydrogen) atoms. The first-order valence-corrected chi connectivity index (χ1v) is 9.16. The molecule has 0 spiro atoms. The van der Waals surface area contributed by atoms with Gasteiger partial charge in [-0.3, -0.25) is 4.99 Å². The molecule has 0 amide bonds. The lowest BCUT2D eigenvalue weighted by Crippen LogP contribution is -2.42. The van der Waals surface area contributed by atoms with Crippen LogP contribution in [0.4, 0.5) is 0 Å². The number of guanidine groups is 1. The Morgan fingerprint density at radius 3 is 2.33 bits per heavy atom. The molecule has 1 aliphatic rings. The molecule has 0 aromatic heterocycles. The second-order valence-corrected chi connectivity index (χ2v) is 6.46. The summed E-state index contributed by atoms with van der Waals surface area (Å²) >= 11 is 0. The summed E-state index contributed by atoms with van der Waals surface area (Å²) in [6, 6.07) is 19.1. The average Bonchev–Trinajstić information content (AvgIpc) is 3.20. The molecule has 1 aliphatic carbocycles. The lowest BCUT2D eigenvalue weighted by molar-refractivity contribution is 0.106. The fourth-order valence-electron chi connectivity index (χ4n) is 3.03. The van der Waals surface area contributed by atoms with Gasteiger partial charge in [0, 0.05) is 19.6 Å². The number of halogens is 1. The number of hydrogen-bond donors (Lipinski definition) is 2. The normalized spacial score (nSPS) is 14.0. The van der Waals surface area contributed by atoms with E-state index in [1.807, 2.05) is 25.2 Å². The van der Waals surface area contributed by atoms with Crippen molar-refractivity contribution in [2.75, 3.05) is 7.05 Å². The molecule has 2 aromatic carbocycles. The minimum atomic E-state index is 0. The molecular formula is C22H28IN3O. The van der Waals surface area contributed by atoms with Crippen LogP contribution in [0.1, 0.15) is 29.5 Å². The van der Waals surface area contributed by atoms with Crippen molar-refractivity contribution in [3.8, 4) is 0 Å². The Bertz CT molecular complexity index is 738. The van der Waals surface area contributed by atoms with Gasteiger partial charge in [0.05, 0.1) is 13.2 Å². The largest absolute Gasteiger partial charge is 0.372 e. The summed E-state index contributed by atoms with van der Waals surface area (Å²) in [6.07, 6.45) is 6.55. The van der Waals surface area contributed by atoms with E-state index in [1.165, 1.54) is 16.7 Å². The average molecular weight is 477 g/mol. The molecular weight excluding hydrogens is 449 g/mol. The standard InChI is InChI=1S/C22H27N3O.HI/c1-23-22(25-21-13-7-8-14-21)24-15-19-11-5-6-12-20(19)17-26-16-18-9-3-2-4-10-18;/h2-12,21H,13-17H2,1H3,(H2,23,24,25);1H. The zero-order chi connectivity index (χ0) is 18.0. The third-order valence-electron chi connectivity index (χ3n) is 4.51. The molecule has 4 nitrogen and oxygen atoms in total. The number of rotatable bonds is 7. The summed E-state index contributed by atoms with van der Waals surface area (Å²) in [4.78, 5) is 4.33. The van der Waals surface area contributed by atoms with Gasteiger partial charge in [0.2, 0.25) is 0 Å². The van der Waals surface area contributed by atoms with Gasteiger partial charge in [-0.15, -0.1) is 24.0 Å². The summed E-state index contributed by atoms with van der Waals surface area (Å²) in [5.41, 5.74) is 3.62. The van der Waals surface area contributed by atoms with Gasteiger partial charge < -0.3 is 15.4 Å². The van der Waals surface area contributed by atoms with Crippen molar-refractivity contribution in [2.45, 2.75) is 38.6 Å². The number of ether oxygens (including phenoxy) is 1. The molecule has 5 heteroatoms. The first-order chi connectivity index (χ1) is 12.8. The van der Waals surface area contributed by atoms with Gasteiger partial charge >= 0.3 is 0 Å². The van der Waals surface area contributed by atoms with Crippen LogP contribution in [0.25, 0.3) is 0 Å². The van der Waals surface area contributed by atoms with Crippen molar-refractivity contribution in [1.82, 2.24) is 10.6 Å². The monoisotopic (exact) mass is 477 g/mol. The summed E-state index contributed by atoms with van der Waals surface area (Å²) in [5.74, 6) is 0.846. The minimum Gasteiger partial charge on any atom is -0.372 e. The molecule has 0 saturated carbocycles. The zero-order valence-corrected chi connectivity index (χ0v) is 18.1. The summed E-state index contributed by atoms with van der Waals surface area (Å²) in [6.45, 7) is 1.95. The molecule has 0 fully saturated rings. The first kappa shape index (κ1) is 21.4. The Kier molecular flexibility index (Phi) is 9.35. The van der Waals surface area contributed by atoms with Gasteiger partial charge in [-0.05, 0) is 29.5 Å². The van der Waals surface area contributed by atoms with Crippen LogP contribution < -0.4 is 10.6 Å². The minimum absolute atomic E-state index is 0. The molecule has 144 valence electrons. The molecule has 0 unspecified atom stereocenters. The molecule has 0 radical (unpaired) electrons. The van der Waals surface area contributed by atoms with Gasteiger partial charge in [0.15, 0.2) is 5.96 Å². The van der Waals surface area contributed by atoms with E-state index < -0.39 is 0 Å². The highest BCUT2D eigenvalue weighted by Gasteiger charge is 2.12. The van der Waals surface area contributed by atoms with E-state index in [0.29, 0.717) is 19.3 Å². The van der Waals surface area contributed by atoms with Crippen LogP contribution >= 0.6 is 24.0 Å². The Hall–Kier alpha value is -1.86. The van der Waals surface area contributed by atoms with Crippen LogP contribution in [0, 0.1) is 0 Å². The third kappa shape index (κ3) is 6.99. The number of benzene rings is 2. The highest BCUT2D eigenvalue weighted by molar-refractivity contribution is 14.0. The SMILES string of the molecule is CN=C(NCc1ccccc1COCc1ccccc1)NC1CC=CC1.I. The number of hydrogen-bond acceptors (Lipinski definition) is 2. The highest BCUT2D eigenvalue weighted by atomic mass is 127. The zero-order valence-electron chi connectivity index (χ0n) is 15.7. The Labute approximate surface area is 179 Å². The van der Waals surface area contributed by atoms with Crippen molar-refractivity contribution in [3.05, 3.63) is 83.4 Å². The van der Waals surface area contributed by atoms with E-state index in [4.69, 9.17) is 4.74 Å². The van der Waals surface area contributed by atoms with E-state index in [9.17, 15) is 0 Å². The quantitative estimate of drug-likeness (QED) is 0.269. The van der Waals surface area contributed by atoms with Crippen LogP contribution in [-0.4, -0.2) is 19.0 Å². The molecule has 0 atom stereocenters. The second kappa shape index (κ2) is 11.8. The highest BCUT2D eigenvalue weighted by Crippen LogP contribution is 2.12. The van der Waals surface area contributed by atoms with E-state index in [0.717, 1.165) is 25.3 Å². The summed E-state index contributed by atoms with van der Waals surface area (Å²) in [5, 5.41) is 6.88. The lowest BCUT2D eigenvalue weighted by atomic mass is 10.1. The van der Waals surface area contributed by atoms with Gasteiger partial charge in [-0.1, -0.05) is 66.7 Å². The van der Waals surface area contributed by atoms with Crippen molar-refractivity contribution in [1.29, 1.82) is 0 Å². The first-order valence-electron chi connectivity index (χ1n) is 9.16. The summed E-state index contributed by atoms with van der Waals surface area (Å²) in [7, 11) is 1.81. The third-order valence-corrected chi connectivity index (χ3v) is 4.51. The molecule has 3 rings (SSSR count).